The molecule has 0 spiro atoms. The molecular formula is C19H29N3O2. The van der Waals surface area contributed by atoms with Crippen molar-refractivity contribution in [1.29, 1.82) is 0 Å². The number of benzene rings is 1. The van der Waals surface area contributed by atoms with Gasteiger partial charge in [-0.3, -0.25) is 9.69 Å². The smallest absolute Gasteiger partial charge is 0.237 e. The van der Waals surface area contributed by atoms with Gasteiger partial charge in [0.25, 0.3) is 0 Å². The number of hydrogen-bond donors (Lipinski definition) is 1. The first-order valence-electron chi connectivity index (χ1n) is 8.92. The summed E-state index contributed by atoms with van der Waals surface area (Å²) in [6.45, 7) is 8.60. The third kappa shape index (κ3) is 4.28. The topological polar surface area (TPSA) is 44.8 Å². The Morgan fingerprint density at radius 2 is 2.04 bits per heavy atom. The van der Waals surface area contributed by atoms with Crippen molar-refractivity contribution in [3.63, 3.8) is 0 Å². The van der Waals surface area contributed by atoms with E-state index >= 15 is 0 Å². The molecule has 132 valence electrons. The van der Waals surface area contributed by atoms with Gasteiger partial charge in [0.05, 0.1) is 13.7 Å². The predicted molar refractivity (Wildman–Crippen MR) is 95.1 cm³/mol. The lowest BCUT2D eigenvalue weighted by Gasteiger charge is -2.30. The molecule has 2 aliphatic rings. The van der Waals surface area contributed by atoms with Crippen LogP contribution in [-0.2, 0) is 11.3 Å². The van der Waals surface area contributed by atoms with Gasteiger partial charge in [-0.2, -0.15) is 0 Å². The van der Waals surface area contributed by atoms with Gasteiger partial charge in [0.1, 0.15) is 5.75 Å². The SMILES string of the molecule is COc1ccc(CN2CCCN(CC3(C)CCNC3)CC2=O)cc1. The van der Waals surface area contributed by atoms with Crippen LogP contribution in [0.1, 0.15) is 25.3 Å². The van der Waals surface area contributed by atoms with Crippen LogP contribution >= 0.6 is 0 Å². The predicted octanol–water partition coefficient (Wildman–Crippen LogP) is 1.73. The summed E-state index contributed by atoms with van der Waals surface area (Å²) in [7, 11) is 1.67. The van der Waals surface area contributed by atoms with Crippen molar-refractivity contribution in [2.24, 2.45) is 5.41 Å². The molecular weight excluding hydrogens is 302 g/mol. The van der Waals surface area contributed by atoms with E-state index in [9.17, 15) is 4.79 Å². The summed E-state index contributed by atoms with van der Waals surface area (Å²) >= 11 is 0. The average Bonchev–Trinajstić information content (AvgIpc) is 2.92. The minimum absolute atomic E-state index is 0.248. The van der Waals surface area contributed by atoms with Gasteiger partial charge in [0, 0.05) is 32.7 Å². The van der Waals surface area contributed by atoms with E-state index < -0.39 is 0 Å². The van der Waals surface area contributed by atoms with E-state index in [2.05, 4.69) is 17.1 Å². The number of nitrogens with one attached hydrogen (secondary N) is 1. The summed E-state index contributed by atoms with van der Waals surface area (Å²) in [5.41, 5.74) is 1.47. The first-order valence-corrected chi connectivity index (χ1v) is 8.92. The Hall–Kier alpha value is -1.59. The molecule has 1 aromatic carbocycles. The molecule has 0 aromatic heterocycles. The van der Waals surface area contributed by atoms with Crippen molar-refractivity contribution < 1.29 is 9.53 Å². The second-order valence-electron chi connectivity index (χ2n) is 7.47. The molecule has 1 unspecified atom stereocenters. The maximum atomic E-state index is 12.7. The Labute approximate surface area is 145 Å². The van der Waals surface area contributed by atoms with Crippen LogP contribution in [0.4, 0.5) is 0 Å². The normalized spacial score (nSPS) is 25.8. The minimum atomic E-state index is 0.248. The van der Waals surface area contributed by atoms with E-state index in [0.717, 1.165) is 50.5 Å². The van der Waals surface area contributed by atoms with Crippen LogP contribution in [-0.4, -0.2) is 62.1 Å². The van der Waals surface area contributed by atoms with Crippen LogP contribution in [0.15, 0.2) is 24.3 Å². The Morgan fingerprint density at radius 3 is 2.71 bits per heavy atom. The fourth-order valence-electron chi connectivity index (χ4n) is 3.78. The van der Waals surface area contributed by atoms with E-state index in [0.29, 0.717) is 18.5 Å². The van der Waals surface area contributed by atoms with Gasteiger partial charge in [-0.25, -0.2) is 0 Å². The fraction of sp³-hybridized carbons (Fsp3) is 0.632. The zero-order chi connectivity index (χ0) is 17.0. The molecule has 2 saturated heterocycles. The van der Waals surface area contributed by atoms with Gasteiger partial charge in [0.15, 0.2) is 0 Å². The molecule has 2 heterocycles. The molecule has 2 fully saturated rings. The third-order valence-corrected chi connectivity index (χ3v) is 5.21. The summed E-state index contributed by atoms with van der Waals surface area (Å²) in [4.78, 5) is 17.0. The van der Waals surface area contributed by atoms with Crippen LogP contribution in [0.5, 0.6) is 5.75 Å². The highest BCUT2D eigenvalue weighted by Gasteiger charge is 2.32. The van der Waals surface area contributed by atoms with Crippen molar-refractivity contribution in [2.75, 3.05) is 46.4 Å². The lowest BCUT2D eigenvalue weighted by Crippen LogP contribution is -2.41. The minimum Gasteiger partial charge on any atom is -0.497 e. The molecule has 1 amide bonds. The van der Waals surface area contributed by atoms with Crippen molar-refractivity contribution in [2.45, 2.75) is 26.3 Å². The van der Waals surface area contributed by atoms with Crippen LogP contribution in [0.25, 0.3) is 0 Å². The van der Waals surface area contributed by atoms with Gasteiger partial charge < -0.3 is 15.0 Å². The molecule has 0 bridgehead atoms. The Bertz CT molecular complexity index is 552. The molecule has 2 aliphatic heterocycles. The zero-order valence-electron chi connectivity index (χ0n) is 14.9. The summed E-state index contributed by atoms with van der Waals surface area (Å²) in [5, 5.41) is 3.45. The number of nitrogens with zero attached hydrogens (tertiary/aromatic N) is 2. The van der Waals surface area contributed by atoms with E-state index in [1.165, 1.54) is 6.42 Å². The molecule has 1 aromatic rings. The third-order valence-electron chi connectivity index (χ3n) is 5.21. The Kier molecular flexibility index (Phi) is 5.41. The standard InChI is InChI=1S/C19H29N3O2/c1-19(8-9-20-14-19)15-21-10-3-11-22(18(23)13-21)12-16-4-6-17(24-2)7-5-16/h4-7,20H,3,8-15H2,1-2H3. The number of carbonyl (C=O) groups is 1. The van der Waals surface area contributed by atoms with Gasteiger partial charge in [0.2, 0.25) is 5.91 Å². The first kappa shape index (κ1) is 17.2. The van der Waals surface area contributed by atoms with E-state index in [1.54, 1.807) is 7.11 Å². The summed E-state index contributed by atoms with van der Waals surface area (Å²) in [6, 6.07) is 8.00. The molecule has 0 saturated carbocycles. The monoisotopic (exact) mass is 331 g/mol. The number of rotatable bonds is 5. The molecule has 24 heavy (non-hydrogen) atoms. The van der Waals surface area contributed by atoms with Crippen molar-refractivity contribution >= 4 is 5.91 Å². The van der Waals surface area contributed by atoms with E-state index in [-0.39, 0.29) is 5.91 Å². The number of carbonyl (C=O) groups excluding carboxylic acids is 1. The van der Waals surface area contributed by atoms with Crippen LogP contribution in [0.3, 0.4) is 0 Å². The summed E-state index contributed by atoms with van der Waals surface area (Å²) in [6.07, 6.45) is 2.25. The Morgan fingerprint density at radius 1 is 1.25 bits per heavy atom. The van der Waals surface area contributed by atoms with Gasteiger partial charge in [-0.05, 0) is 42.5 Å². The van der Waals surface area contributed by atoms with Crippen molar-refractivity contribution in [3.8, 4) is 5.75 Å². The number of hydrogen-bond acceptors (Lipinski definition) is 4. The lowest BCUT2D eigenvalue weighted by atomic mass is 9.89. The van der Waals surface area contributed by atoms with Crippen molar-refractivity contribution in [1.82, 2.24) is 15.1 Å². The second-order valence-corrected chi connectivity index (χ2v) is 7.47. The highest BCUT2D eigenvalue weighted by atomic mass is 16.5. The van der Waals surface area contributed by atoms with Gasteiger partial charge in [-0.15, -0.1) is 0 Å². The quantitative estimate of drug-likeness (QED) is 0.892. The highest BCUT2D eigenvalue weighted by molar-refractivity contribution is 5.78. The fourth-order valence-corrected chi connectivity index (χ4v) is 3.78. The maximum absolute atomic E-state index is 12.7. The molecule has 0 aliphatic carbocycles. The summed E-state index contributed by atoms with van der Waals surface area (Å²) < 4.78 is 5.19. The second kappa shape index (κ2) is 7.53. The van der Waals surface area contributed by atoms with Crippen LogP contribution < -0.4 is 10.1 Å². The maximum Gasteiger partial charge on any atom is 0.237 e. The van der Waals surface area contributed by atoms with E-state index in [1.807, 2.05) is 29.2 Å². The number of ether oxygens (including phenoxy) is 1. The molecule has 3 rings (SSSR count). The largest absolute Gasteiger partial charge is 0.497 e. The van der Waals surface area contributed by atoms with Crippen LogP contribution in [0, 0.1) is 5.41 Å². The molecule has 1 atom stereocenters. The molecule has 1 N–H and O–H groups in total. The lowest BCUT2D eigenvalue weighted by molar-refractivity contribution is -0.132. The van der Waals surface area contributed by atoms with Crippen LogP contribution in [0.2, 0.25) is 0 Å². The van der Waals surface area contributed by atoms with E-state index in [4.69, 9.17) is 4.74 Å². The van der Waals surface area contributed by atoms with Gasteiger partial charge >= 0.3 is 0 Å². The molecule has 5 heteroatoms. The molecule has 0 radical (unpaired) electrons. The number of amides is 1. The average molecular weight is 331 g/mol. The highest BCUT2D eigenvalue weighted by Crippen LogP contribution is 2.26. The zero-order valence-corrected chi connectivity index (χ0v) is 14.9. The summed E-state index contributed by atoms with van der Waals surface area (Å²) in [5.74, 6) is 1.10. The molecule has 5 nitrogen and oxygen atoms in total. The first-order chi connectivity index (χ1) is 11.6. The Balaban J connectivity index is 1.57. The van der Waals surface area contributed by atoms with Crippen molar-refractivity contribution in [3.05, 3.63) is 29.8 Å². The number of methoxy groups -OCH3 is 1. The van der Waals surface area contributed by atoms with Gasteiger partial charge in [-0.1, -0.05) is 19.1 Å².